The largest absolute Gasteiger partial charge is 0.444 e. The van der Waals surface area contributed by atoms with Crippen LogP contribution in [0.3, 0.4) is 0 Å². The molecule has 1 atom stereocenters. The summed E-state index contributed by atoms with van der Waals surface area (Å²) in [6.45, 7) is 12.9. The fraction of sp³-hybridized carbons (Fsp3) is 0.531. The highest BCUT2D eigenvalue weighted by Gasteiger charge is 2.50. The molecule has 6 heteroatoms. The van der Waals surface area contributed by atoms with E-state index in [0.29, 0.717) is 6.61 Å². The topological polar surface area (TPSA) is 67.8 Å². The van der Waals surface area contributed by atoms with Crippen LogP contribution in [0.1, 0.15) is 80.1 Å². The average Bonchev–Trinajstić information content (AvgIpc) is 2.87. The molecule has 0 saturated carbocycles. The Balaban J connectivity index is 1.93. The zero-order chi connectivity index (χ0) is 27.8. The molecule has 5 nitrogen and oxygen atoms in total. The molecular weight excluding hydrogens is 490 g/mol. The molecule has 0 aliphatic heterocycles. The fourth-order valence-corrected chi connectivity index (χ4v) is 10.1. The maximum absolute atomic E-state index is 12.9. The van der Waals surface area contributed by atoms with Crippen molar-refractivity contribution < 1.29 is 19.1 Å². The van der Waals surface area contributed by atoms with Gasteiger partial charge in [0.1, 0.15) is 5.60 Å². The van der Waals surface area contributed by atoms with E-state index in [1.165, 1.54) is 21.5 Å². The molecular formula is C32H47NO4Si. The van der Waals surface area contributed by atoms with Crippen molar-refractivity contribution in [3.05, 3.63) is 71.8 Å². The van der Waals surface area contributed by atoms with Gasteiger partial charge in [-0.05, 0) is 80.3 Å². The minimum absolute atomic E-state index is 0.123. The van der Waals surface area contributed by atoms with Gasteiger partial charge in [-0.3, -0.25) is 0 Å². The zero-order valence-corrected chi connectivity index (χ0v) is 25.2. The van der Waals surface area contributed by atoms with E-state index in [-0.39, 0.29) is 17.7 Å². The van der Waals surface area contributed by atoms with E-state index in [4.69, 9.17) is 9.16 Å². The molecule has 2 aromatic carbocycles. The Kier molecular flexibility index (Phi) is 10.4. The number of carbonyl (C=O) groups is 1. The molecule has 0 heterocycles. The van der Waals surface area contributed by atoms with Crippen molar-refractivity contribution in [2.24, 2.45) is 0 Å². The lowest BCUT2D eigenvalue weighted by Gasteiger charge is -2.43. The van der Waals surface area contributed by atoms with Crippen molar-refractivity contribution >= 4 is 24.8 Å². The lowest BCUT2D eigenvalue weighted by Crippen LogP contribution is -2.67. The van der Waals surface area contributed by atoms with Gasteiger partial charge in [0.15, 0.2) is 0 Å². The van der Waals surface area contributed by atoms with Gasteiger partial charge in [-0.1, -0.05) is 87.0 Å². The number of rotatable bonds is 10. The number of allylic oxidation sites excluding steroid dienone is 1. The summed E-state index contributed by atoms with van der Waals surface area (Å²) in [5.74, 6) is 0. The van der Waals surface area contributed by atoms with Gasteiger partial charge in [-0.25, -0.2) is 4.79 Å². The van der Waals surface area contributed by atoms with Gasteiger partial charge >= 0.3 is 6.09 Å². The molecule has 3 rings (SSSR count). The van der Waals surface area contributed by atoms with Crippen LogP contribution < -0.4 is 15.7 Å². The number of alkyl carbamates (subject to hydrolysis) is 1. The van der Waals surface area contributed by atoms with Crippen molar-refractivity contribution in [1.29, 1.82) is 0 Å². The third-order valence-electron chi connectivity index (χ3n) is 7.33. The van der Waals surface area contributed by atoms with Crippen LogP contribution in [0, 0.1) is 0 Å². The molecule has 2 aromatic rings. The Morgan fingerprint density at radius 3 is 1.89 bits per heavy atom. The van der Waals surface area contributed by atoms with Crippen LogP contribution in [-0.4, -0.2) is 44.4 Å². The first-order valence-electron chi connectivity index (χ1n) is 14.0. The minimum atomic E-state index is -2.74. The van der Waals surface area contributed by atoms with Gasteiger partial charge in [0, 0.05) is 0 Å². The number of nitrogens with one attached hydrogen (secondary N) is 1. The number of ether oxygens (including phenoxy) is 1. The van der Waals surface area contributed by atoms with E-state index in [9.17, 15) is 9.90 Å². The van der Waals surface area contributed by atoms with Gasteiger partial charge in [-0.15, -0.1) is 0 Å². The summed E-state index contributed by atoms with van der Waals surface area (Å²) in [5, 5.41) is 15.3. The highest BCUT2D eigenvalue weighted by molar-refractivity contribution is 6.99. The molecule has 2 N–H and O–H groups in total. The van der Waals surface area contributed by atoms with Crippen molar-refractivity contribution in [1.82, 2.24) is 5.32 Å². The van der Waals surface area contributed by atoms with Crippen LogP contribution >= 0.6 is 0 Å². The standard InChI is InChI=1S/C32H47NO4Si/c1-31(2,3)37-30(35)33-27(22-21-25-15-13-14-16-26(25)23-34)24-36-38(32(4,5)6,28-17-9-7-10-18-28)29-19-11-8-12-20-29/h7-12,17-20,27,34H,13-16,21-24H2,1-6H3,(H,33,35)/t27-/m1/s1. The summed E-state index contributed by atoms with van der Waals surface area (Å²) in [4.78, 5) is 12.9. The predicted octanol–water partition coefficient (Wildman–Crippen LogP) is 6.10. The second kappa shape index (κ2) is 13.1. The summed E-state index contributed by atoms with van der Waals surface area (Å²) in [6.07, 6.45) is 5.42. The maximum atomic E-state index is 12.9. The molecule has 0 fully saturated rings. The van der Waals surface area contributed by atoms with Crippen molar-refractivity contribution in [3.8, 4) is 0 Å². The van der Waals surface area contributed by atoms with Crippen LogP contribution in [0.4, 0.5) is 4.79 Å². The summed E-state index contributed by atoms with van der Waals surface area (Å²) >= 11 is 0. The maximum Gasteiger partial charge on any atom is 0.407 e. The van der Waals surface area contributed by atoms with Crippen LogP contribution in [0.2, 0.25) is 5.04 Å². The van der Waals surface area contributed by atoms with Crippen LogP contribution in [-0.2, 0) is 9.16 Å². The van der Waals surface area contributed by atoms with E-state index in [2.05, 4.69) is 74.6 Å². The number of hydrogen-bond acceptors (Lipinski definition) is 4. The summed E-state index contributed by atoms with van der Waals surface area (Å²) in [5.41, 5.74) is 1.92. The predicted molar refractivity (Wildman–Crippen MR) is 159 cm³/mol. The third kappa shape index (κ3) is 7.81. The molecule has 0 unspecified atom stereocenters. The Morgan fingerprint density at radius 1 is 0.895 bits per heavy atom. The molecule has 38 heavy (non-hydrogen) atoms. The van der Waals surface area contributed by atoms with E-state index in [1.54, 1.807) is 0 Å². The number of benzene rings is 2. The second-order valence-electron chi connectivity index (χ2n) is 12.4. The number of hydrogen-bond donors (Lipinski definition) is 2. The van der Waals surface area contributed by atoms with Gasteiger partial charge in [-0.2, -0.15) is 0 Å². The number of amides is 1. The van der Waals surface area contributed by atoms with Crippen molar-refractivity contribution in [2.45, 2.75) is 96.7 Å². The van der Waals surface area contributed by atoms with Crippen molar-refractivity contribution in [2.75, 3.05) is 13.2 Å². The molecule has 1 aliphatic rings. The fourth-order valence-electron chi connectivity index (χ4n) is 5.53. The molecule has 1 aliphatic carbocycles. The SMILES string of the molecule is CC(C)(C)OC(=O)N[C@H](CCC1=C(CO)CCCC1)CO[Si](c1ccccc1)(c1ccccc1)C(C)(C)C. The molecule has 0 aromatic heterocycles. The molecule has 0 bridgehead atoms. The summed E-state index contributed by atoms with van der Waals surface area (Å²) in [6, 6.07) is 20.9. The molecule has 0 radical (unpaired) electrons. The lowest BCUT2D eigenvalue weighted by atomic mass is 9.88. The minimum Gasteiger partial charge on any atom is -0.444 e. The van der Waals surface area contributed by atoms with E-state index in [1.807, 2.05) is 32.9 Å². The van der Waals surface area contributed by atoms with Crippen molar-refractivity contribution in [3.63, 3.8) is 0 Å². The smallest absolute Gasteiger partial charge is 0.407 e. The monoisotopic (exact) mass is 537 g/mol. The highest BCUT2D eigenvalue weighted by atomic mass is 28.4. The quantitative estimate of drug-likeness (QED) is 0.284. The first-order valence-corrected chi connectivity index (χ1v) is 15.9. The Bertz CT molecular complexity index is 1010. The van der Waals surface area contributed by atoms with Crippen LogP contribution in [0.5, 0.6) is 0 Å². The van der Waals surface area contributed by atoms with Gasteiger partial charge in [0.2, 0.25) is 0 Å². The van der Waals surface area contributed by atoms with E-state index >= 15 is 0 Å². The van der Waals surface area contributed by atoms with Gasteiger partial charge in [0.25, 0.3) is 8.32 Å². The van der Waals surface area contributed by atoms with E-state index in [0.717, 1.165) is 38.5 Å². The van der Waals surface area contributed by atoms with Gasteiger partial charge in [0.05, 0.1) is 19.3 Å². The van der Waals surface area contributed by atoms with Crippen LogP contribution in [0.25, 0.3) is 0 Å². The third-order valence-corrected chi connectivity index (χ3v) is 12.3. The Labute approximate surface area is 230 Å². The summed E-state index contributed by atoms with van der Waals surface area (Å²) < 4.78 is 12.8. The average molecular weight is 538 g/mol. The number of aliphatic hydroxyl groups is 1. The zero-order valence-electron chi connectivity index (χ0n) is 24.2. The summed E-state index contributed by atoms with van der Waals surface area (Å²) in [7, 11) is -2.74. The highest BCUT2D eigenvalue weighted by Crippen LogP contribution is 2.37. The lowest BCUT2D eigenvalue weighted by molar-refractivity contribution is 0.0482. The first kappa shape index (κ1) is 30.1. The number of aliphatic hydroxyl groups excluding tert-OH is 1. The molecule has 0 saturated heterocycles. The molecule has 208 valence electrons. The first-order chi connectivity index (χ1) is 18.0. The Hall–Kier alpha value is -2.41. The number of carbonyl (C=O) groups excluding carboxylic acids is 1. The second-order valence-corrected chi connectivity index (χ2v) is 16.7. The molecule has 0 spiro atoms. The Morgan fingerprint density at radius 2 is 1.42 bits per heavy atom. The normalized spacial score (nSPS) is 15.8. The molecule has 1 amide bonds. The van der Waals surface area contributed by atoms with Gasteiger partial charge < -0.3 is 19.6 Å². The van der Waals surface area contributed by atoms with E-state index < -0.39 is 20.0 Å². The van der Waals surface area contributed by atoms with Crippen LogP contribution in [0.15, 0.2) is 71.8 Å².